The summed E-state index contributed by atoms with van der Waals surface area (Å²) in [6, 6.07) is 15.6. The molecule has 5 rings (SSSR count). The topological polar surface area (TPSA) is 128 Å². The lowest BCUT2D eigenvalue weighted by atomic mass is 9.81. The van der Waals surface area contributed by atoms with Crippen LogP contribution in [0.15, 0.2) is 71.0 Å². The number of hydrogen-bond acceptors (Lipinski definition) is 8. The maximum Gasteiger partial charge on any atom is 0.286 e. The zero-order chi connectivity index (χ0) is 27.7. The molecule has 3 atom stereocenters. The van der Waals surface area contributed by atoms with Crippen LogP contribution in [0.2, 0.25) is 0 Å². The molecule has 1 aliphatic heterocycles. The Hall–Kier alpha value is -3.70. The summed E-state index contributed by atoms with van der Waals surface area (Å²) in [6.07, 6.45) is 3.57. The van der Waals surface area contributed by atoms with Crippen LogP contribution in [0.4, 0.5) is 0 Å². The molecular formula is C30H35N3O7. The van der Waals surface area contributed by atoms with E-state index in [1.54, 1.807) is 6.26 Å². The first kappa shape index (κ1) is 27.9. The number of amides is 1. The minimum atomic E-state index is -0.658. The van der Waals surface area contributed by atoms with Crippen molar-refractivity contribution in [1.82, 2.24) is 15.3 Å². The molecule has 0 saturated carbocycles. The molecule has 3 unspecified atom stereocenters. The predicted molar refractivity (Wildman–Crippen MR) is 148 cm³/mol. The molecule has 1 aliphatic rings. The van der Waals surface area contributed by atoms with Crippen LogP contribution < -0.4 is 5.32 Å². The summed E-state index contributed by atoms with van der Waals surface area (Å²) < 4.78 is 29.1. The number of carbonyl (C=O) groups is 1. The molecule has 0 spiro atoms. The molecule has 10 heteroatoms. The second kappa shape index (κ2) is 13.6. The number of aromatic amines is 1. The third-order valence-corrected chi connectivity index (χ3v) is 6.87. The Morgan fingerprint density at radius 1 is 1.07 bits per heavy atom. The van der Waals surface area contributed by atoms with Gasteiger partial charge in [0.2, 0.25) is 6.29 Å². The van der Waals surface area contributed by atoms with Crippen molar-refractivity contribution >= 4 is 27.9 Å². The lowest BCUT2D eigenvalue weighted by Gasteiger charge is -2.36. The molecular weight excluding hydrogens is 514 g/mol. The van der Waals surface area contributed by atoms with E-state index in [4.69, 9.17) is 28.5 Å². The molecule has 0 saturated heterocycles. The second-order valence-electron chi connectivity index (χ2n) is 9.47. The normalized spacial score (nSPS) is 19.1. The summed E-state index contributed by atoms with van der Waals surface area (Å²) in [5.74, 6) is 0.155. The summed E-state index contributed by atoms with van der Waals surface area (Å²) >= 11 is 0. The van der Waals surface area contributed by atoms with E-state index in [-0.39, 0.29) is 43.3 Å². The molecule has 3 heterocycles. The van der Waals surface area contributed by atoms with E-state index >= 15 is 0 Å². The van der Waals surface area contributed by atoms with Crippen LogP contribution in [0.1, 0.15) is 30.7 Å². The number of H-pyrrole nitrogens is 1. The highest BCUT2D eigenvalue weighted by atomic mass is 16.7. The number of carbonyl (C=O) groups excluding carboxylic acids is 1. The smallest absolute Gasteiger partial charge is 0.286 e. The monoisotopic (exact) mass is 549 g/mol. The van der Waals surface area contributed by atoms with Gasteiger partial charge in [-0.2, -0.15) is 0 Å². The fraction of sp³-hybridized carbons (Fsp3) is 0.400. The van der Waals surface area contributed by atoms with Gasteiger partial charge in [0.05, 0.1) is 50.3 Å². The fourth-order valence-electron chi connectivity index (χ4n) is 5.00. The number of hydrogen-bond donors (Lipinski definition) is 3. The number of ether oxygens (including phenoxy) is 4. The number of nitrogens with zero attached hydrogens (tertiary/aromatic N) is 1. The minimum absolute atomic E-state index is 0.0176. The van der Waals surface area contributed by atoms with Gasteiger partial charge in [-0.1, -0.05) is 30.3 Å². The number of aliphatic hydroxyl groups is 1. The van der Waals surface area contributed by atoms with Crippen molar-refractivity contribution in [3.05, 3.63) is 78.0 Å². The van der Waals surface area contributed by atoms with Gasteiger partial charge in [-0.3, -0.25) is 4.79 Å². The van der Waals surface area contributed by atoms with Gasteiger partial charge in [-0.15, -0.1) is 0 Å². The van der Waals surface area contributed by atoms with Gasteiger partial charge in [0.15, 0.2) is 5.76 Å². The molecule has 212 valence electrons. The first-order chi connectivity index (χ1) is 19.7. The van der Waals surface area contributed by atoms with Gasteiger partial charge < -0.3 is 38.8 Å². The Morgan fingerprint density at radius 3 is 2.70 bits per heavy atom. The number of nitrogens with one attached hydrogen (secondary N) is 2. The van der Waals surface area contributed by atoms with E-state index in [0.29, 0.717) is 38.7 Å². The zero-order valence-corrected chi connectivity index (χ0v) is 22.5. The van der Waals surface area contributed by atoms with E-state index < -0.39 is 6.29 Å². The maximum atomic E-state index is 13.3. The number of allylic oxidation sites excluding steroid dienone is 1. The van der Waals surface area contributed by atoms with Crippen LogP contribution in [-0.4, -0.2) is 66.9 Å². The average molecular weight is 550 g/mol. The van der Waals surface area contributed by atoms with Crippen LogP contribution in [-0.2, 0) is 30.3 Å². The number of para-hydroxylation sites is 3. The molecule has 4 aromatic rings. The fourth-order valence-corrected chi connectivity index (χ4v) is 5.00. The van der Waals surface area contributed by atoms with E-state index in [1.807, 2.05) is 61.5 Å². The lowest BCUT2D eigenvalue weighted by molar-refractivity contribution is -0.168. The van der Waals surface area contributed by atoms with Crippen molar-refractivity contribution in [2.75, 3.05) is 39.6 Å². The van der Waals surface area contributed by atoms with E-state index in [1.165, 1.54) is 0 Å². The van der Waals surface area contributed by atoms with Crippen molar-refractivity contribution < 1.29 is 33.3 Å². The Kier molecular flexibility index (Phi) is 9.46. The Morgan fingerprint density at radius 2 is 1.88 bits per heavy atom. The van der Waals surface area contributed by atoms with E-state index in [9.17, 15) is 4.79 Å². The number of benzene rings is 2. The number of furan rings is 1. The van der Waals surface area contributed by atoms with Gasteiger partial charge in [-0.25, -0.2) is 4.98 Å². The number of aromatic nitrogens is 2. The van der Waals surface area contributed by atoms with Crippen molar-refractivity contribution in [2.45, 2.75) is 32.1 Å². The highest BCUT2D eigenvalue weighted by Crippen LogP contribution is 2.42. The van der Waals surface area contributed by atoms with Gasteiger partial charge in [-0.05, 0) is 37.6 Å². The minimum Gasteiger partial charge on any atom is -0.464 e. The Bertz CT molecular complexity index is 1400. The number of rotatable bonds is 14. The van der Waals surface area contributed by atoms with Crippen LogP contribution in [0, 0.1) is 5.92 Å². The predicted octanol–water partition coefficient (Wildman–Crippen LogP) is 4.02. The lowest BCUT2D eigenvalue weighted by Crippen LogP contribution is -2.39. The zero-order valence-electron chi connectivity index (χ0n) is 22.5. The van der Waals surface area contributed by atoms with E-state index in [0.717, 1.165) is 27.6 Å². The molecule has 0 fully saturated rings. The Balaban J connectivity index is 1.35. The quantitative estimate of drug-likeness (QED) is 0.201. The highest BCUT2D eigenvalue weighted by molar-refractivity contribution is 5.92. The largest absolute Gasteiger partial charge is 0.464 e. The Labute approximate surface area is 232 Å². The molecule has 1 amide bonds. The van der Waals surface area contributed by atoms with Crippen molar-refractivity contribution in [1.29, 1.82) is 0 Å². The summed E-state index contributed by atoms with van der Waals surface area (Å²) in [5.41, 5.74) is 3.49. The van der Waals surface area contributed by atoms with Crippen molar-refractivity contribution in [2.24, 2.45) is 5.92 Å². The van der Waals surface area contributed by atoms with Gasteiger partial charge in [0.25, 0.3) is 5.91 Å². The number of fused-ring (bicyclic) bond motifs is 2. The highest BCUT2D eigenvalue weighted by Gasteiger charge is 2.39. The molecule has 2 aromatic carbocycles. The molecule has 0 bridgehead atoms. The summed E-state index contributed by atoms with van der Waals surface area (Å²) in [4.78, 5) is 21.1. The first-order valence-electron chi connectivity index (χ1n) is 13.6. The average Bonchev–Trinajstić information content (AvgIpc) is 3.60. The standard InChI is InChI=1S/C30H35N3O7/c1-2-38-30-21(11-13-36-15-16-37-14-12-34)22(23-19-39-26-10-6-3-7-20(23)26)17-27(40-30)29(35)31-18-28-32-24-8-4-5-9-25(24)33-28/h3-10,17,19,21-22,30,34H,2,11-16,18H2,1H3,(H,31,35)(H,32,33). The third kappa shape index (κ3) is 6.53. The van der Waals surface area contributed by atoms with Crippen molar-refractivity contribution in [3.8, 4) is 0 Å². The van der Waals surface area contributed by atoms with Gasteiger partial charge in [0.1, 0.15) is 11.4 Å². The van der Waals surface area contributed by atoms with Crippen LogP contribution >= 0.6 is 0 Å². The molecule has 0 aliphatic carbocycles. The van der Waals surface area contributed by atoms with Gasteiger partial charge in [0, 0.05) is 36.0 Å². The van der Waals surface area contributed by atoms with Crippen LogP contribution in [0.3, 0.4) is 0 Å². The maximum absolute atomic E-state index is 13.3. The molecule has 2 aromatic heterocycles. The third-order valence-electron chi connectivity index (χ3n) is 6.87. The molecule has 3 N–H and O–H groups in total. The first-order valence-corrected chi connectivity index (χ1v) is 13.6. The van der Waals surface area contributed by atoms with Crippen molar-refractivity contribution in [3.63, 3.8) is 0 Å². The number of imidazole rings is 1. The molecule has 0 radical (unpaired) electrons. The SMILES string of the molecule is CCOC1OC(C(=O)NCc2nc3ccccc3[nH]2)=CC(c2coc3ccccc23)C1CCOCCOCCO. The number of aliphatic hydroxyl groups excluding tert-OH is 1. The summed E-state index contributed by atoms with van der Waals surface area (Å²) in [7, 11) is 0. The summed E-state index contributed by atoms with van der Waals surface area (Å²) in [5, 5.41) is 12.8. The van der Waals surface area contributed by atoms with Crippen LogP contribution in [0.25, 0.3) is 22.0 Å². The molecule has 10 nitrogen and oxygen atoms in total. The van der Waals surface area contributed by atoms with E-state index in [2.05, 4.69) is 15.3 Å². The molecule has 40 heavy (non-hydrogen) atoms. The second-order valence-corrected chi connectivity index (χ2v) is 9.47. The van der Waals surface area contributed by atoms with Crippen LogP contribution in [0.5, 0.6) is 0 Å². The summed E-state index contributed by atoms with van der Waals surface area (Å²) in [6.45, 7) is 4.08. The van der Waals surface area contributed by atoms with Gasteiger partial charge >= 0.3 is 0 Å².